The molecule has 1 heterocycles. The molecule has 1 aromatic rings. The van der Waals surface area contributed by atoms with Crippen LogP contribution in [0.5, 0.6) is 0 Å². The quantitative estimate of drug-likeness (QED) is 0.719. The Labute approximate surface area is 94.9 Å². The van der Waals surface area contributed by atoms with Crippen molar-refractivity contribution >= 4 is 5.97 Å². The van der Waals surface area contributed by atoms with E-state index in [0.29, 0.717) is 6.42 Å². The largest absolute Gasteiger partial charge is 0.469 e. The Bertz CT molecular complexity index is 448. The molecule has 16 heavy (non-hydrogen) atoms. The minimum Gasteiger partial charge on any atom is -0.469 e. The number of esters is 1. The smallest absolute Gasteiger partial charge is 0.308 e. The zero-order valence-corrected chi connectivity index (χ0v) is 10.1. The van der Waals surface area contributed by atoms with E-state index in [2.05, 4.69) is 4.74 Å². The number of aromatic nitrogens is 1. The van der Waals surface area contributed by atoms with Gasteiger partial charge in [0.05, 0.1) is 13.0 Å². The molecule has 0 radical (unpaired) electrons. The summed E-state index contributed by atoms with van der Waals surface area (Å²) in [7, 11) is 3.08. The van der Waals surface area contributed by atoms with Gasteiger partial charge in [-0.1, -0.05) is 6.92 Å². The highest BCUT2D eigenvalue weighted by molar-refractivity contribution is 5.72. The Balaban J connectivity index is 2.94. The second-order valence-electron chi connectivity index (χ2n) is 4.06. The maximum atomic E-state index is 11.5. The highest BCUT2D eigenvalue weighted by Crippen LogP contribution is 2.12. The van der Waals surface area contributed by atoms with E-state index in [1.54, 1.807) is 26.2 Å². The van der Waals surface area contributed by atoms with E-state index in [1.165, 1.54) is 11.7 Å². The molecule has 88 valence electrons. The summed E-state index contributed by atoms with van der Waals surface area (Å²) in [4.78, 5) is 22.7. The number of ether oxygens (including phenoxy) is 1. The molecule has 0 amide bonds. The summed E-state index contributed by atoms with van der Waals surface area (Å²) in [5.41, 5.74) is 1.86. The van der Waals surface area contributed by atoms with E-state index in [4.69, 9.17) is 0 Å². The van der Waals surface area contributed by atoms with Crippen LogP contribution in [0.25, 0.3) is 0 Å². The van der Waals surface area contributed by atoms with Crippen LogP contribution >= 0.6 is 0 Å². The van der Waals surface area contributed by atoms with Crippen LogP contribution in [0.3, 0.4) is 0 Å². The first-order valence-electron chi connectivity index (χ1n) is 5.19. The molecule has 0 aromatic carbocycles. The molecule has 1 aromatic heterocycles. The summed E-state index contributed by atoms with van der Waals surface area (Å²) in [5, 5.41) is 0. The lowest BCUT2D eigenvalue weighted by atomic mass is 9.99. The fourth-order valence-electron chi connectivity index (χ4n) is 1.64. The van der Waals surface area contributed by atoms with E-state index < -0.39 is 0 Å². The van der Waals surface area contributed by atoms with Crippen molar-refractivity contribution in [1.29, 1.82) is 0 Å². The normalized spacial score (nSPS) is 12.2. The molecule has 4 nitrogen and oxygen atoms in total. The Morgan fingerprint density at radius 1 is 1.56 bits per heavy atom. The summed E-state index contributed by atoms with van der Waals surface area (Å²) < 4.78 is 6.19. The lowest BCUT2D eigenvalue weighted by Gasteiger charge is -2.11. The first-order chi connectivity index (χ1) is 7.45. The lowest BCUT2D eigenvalue weighted by Crippen LogP contribution is -2.20. The molecular formula is C12H17NO3. The zero-order chi connectivity index (χ0) is 12.3. The minimum atomic E-state index is -0.250. The fourth-order valence-corrected chi connectivity index (χ4v) is 1.64. The predicted molar refractivity (Wildman–Crippen MR) is 61.3 cm³/mol. The first-order valence-corrected chi connectivity index (χ1v) is 5.19. The molecule has 0 aliphatic heterocycles. The van der Waals surface area contributed by atoms with Crippen LogP contribution < -0.4 is 5.56 Å². The van der Waals surface area contributed by atoms with Gasteiger partial charge in [-0.25, -0.2) is 0 Å². The van der Waals surface area contributed by atoms with Crippen molar-refractivity contribution in [1.82, 2.24) is 4.57 Å². The number of aryl methyl sites for hydroxylation is 2. The second kappa shape index (κ2) is 4.96. The van der Waals surface area contributed by atoms with Crippen molar-refractivity contribution in [2.45, 2.75) is 20.3 Å². The molecule has 0 spiro atoms. The third-order valence-corrected chi connectivity index (χ3v) is 2.67. The van der Waals surface area contributed by atoms with Gasteiger partial charge in [0.25, 0.3) is 5.56 Å². The van der Waals surface area contributed by atoms with Crippen LogP contribution in [-0.4, -0.2) is 17.6 Å². The van der Waals surface area contributed by atoms with Gasteiger partial charge in [-0.15, -0.1) is 0 Å². The van der Waals surface area contributed by atoms with Crippen molar-refractivity contribution in [3.8, 4) is 0 Å². The summed E-state index contributed by atoms with van der Waals surface area (Å²) in [6, 6.07) is 1.58. The van der Waals surface area contributed by atoms with E-state index >= 15 is 0 Å². The molecule has 0 N–H and O–H groups in total. The monoisotopic (exact) mass is 223 g/mol. The Morgan fingerprint density at radius 3 is 2.75 bits per heavy atom. The highest BCUT2D eigenvalue weighted by atomic mass is 16.5. The van der Waals surface area contributed by atoms with Gasteiger partial charge in [-0.2, -0.15) is 0 Å². The SMILES string of the molecule is COC(=O)[C@@H](C)Cc1cc(=O)n(C)cc1C. The summed E-state index contributed by atoms with van der Waals surface area (Å²) >= 11 is 0. The van der Waals surface area contributed by atoms with Gasteiger partial charge in [0, 0.05) is 19.3 Å². The van der Waals surface area contributed by atoms with E-state index in [0.717, 1.165) is 11.1 Å². The molecule has 4 heteroatoms. The van der Waals surface area contributed by atoms with Crippen LogP contribution in [0.2, 0.25) is 0 Å². The van der Waals surface area contributed by atoms with Crippen LogP contribution in [0.15, 0.2) is 17.1 Å². The van der Waals surface area contributed by atoms with Crippen LogP contribution in [-0.2, 0) is 23.0 Å². The molecule has 0 aliphatic rings. The summed E-state index contributed by atoms with van der Waals surface area (Å²) in [5.74, 6) is -0.476. The maximum Gasteiger partial charge on any atom is 0.308 e. The fraction of sp³-hybridized carbons (Fsp3) is 0.500. The first kappa shape index (κ1) is 12.5. The average Bonchev–Trinajstić information content (AvgIpc) is 2.24. The number of pyridine rings is 1. The lowest BCUT2D eigenvalue weighted by molar-refractivity contribution is -0.144. The Hall–Kier alpha value is -1.58. The summed E-state index contributed by atoms with van der Waals surface area (Å²) in [6.45, 7) is 3.72. The van der Waals surface area contributed by atoms with Gasteiger partial charge < -0.3 is 9.30 Å². The predicted octanol–water partition coefficient (Wildman–Crippen LogP) is 1.05. The van der Waals surface area contributed by atoms with Crippen LogP contribution in [0.1, 0.15) is 18.1 Å². The number of hydrogen-bond acceptors (Lipinski definition) is 3. The van der Waals surface area contributed by atoms with Gasteiger partial charge in [0.1, 0.15) is 0 Å². The molecule has 0 unspecified atom stereocenters. The van der Waals surface area contributed by atoms with E-state index in [1.807, 2.05) is 6.92 Å². The summed E-state index contributed by atoms with van der Waals surface area (Å²) in [6.07, 6.45) is 2.32. The Morgan fingerprint density at radius 2 is 2.19 bits per heavy atom. The molecule has 0 fully saturated rings. The van der Waals surface area contributed by atoms with Crippen LogP contribution in [0.4, 0.5) is 0 Å². The molecular weight excluding hydrogens is 206 g/mol. The number of methoxy groups -OCH3 is 1. The topological polar surface area (TPSA) is 48.3 Å². The van der Waals surface area contributed by atoms with Gasteiger partial charge in [0.15, 0.2) is 0 Å². The van der Waals surface area contributed by atoms with Gasteiger partial charge in [-0.05, 0) is 24.5 Å². The van der Waals surface area contributed by atoms with Gasteiger partial charge in [0.2, 0.25) is 0 Å². The number of rotatable bonds is 3. The zero-order valence-electron chi connectivity index (χ0n) is 10.1. The third-order valence-electron chi connectivity index (χ3n) is 2.67. The van der Waals surface area contributed by atoms with Crippen molar-refractivity contribution in [2.75, 3.05) is 7.11 Å². The van der Waals surface area contributed by atoms with E-state index in [-0.39, 0.29) is 17.4 Å². The molecule has 0 saturated carbocycles. The number of hydrogen-bond donors (Lipinski definition) is 0. The van der Waals surface area contributed by atoms with Crippen molar-refractivity contribution in [3.63, 3.8) is 0 Å². The second-order valence-corrected chi connectivity index (χ2v) is 4.06. The molecule has 1 rings (SSSR count). The average molecular weight is 223 g/mol. The van der Waals surface area contributed by atoms with Crippen molar-refractivity contribution < 1.29 is 9.53 Å². The van der Waals surface area contributed by atoms with E-state index in [9.17, 15) is 9.59 Å². The maximum absolute atomic E-state index is 11.5. The Kier molecular flexibility index (Phi) is 3.88. The van der Waals surface area contributed by atoms with Crippen LogP contribution in [0, 0.1) is 12.8 Å². The number of carbonyl (C=O) groups excluding carboxylic acids is 1. The third kappa shape index (κ3) is 2.72. The van der Waals surface area contributed by atoms with Gasteiger partial charge in [-0.3, -0.25) is 9.59 Å². The standard InChI is InChI=1S/C12H17NO3/c1-8(12(15)16-4)5-10-6-11(14)13(3)7-9(10)2/h6-8H,5H2,1-4H3/t8-/m0/s1. The van der Waals surface area contributed by atoms with Crippen molar-refractivity contribution in [3.05, 3.63) is 33.7 Å². The molecule has 0 bridgehead atoms. The minimum absolute atomic E-state index is 0.0577. The molecule has 1 atom stereocenters. The molecule has 0 saturated heterocycles. The van der Waals surface area contributed by atoms with Gasteiger partial charge >= 0.3 is 5.97 Å². The number of nitrogens with zero attached hydrogens (tertiary/aromatic N) is 1. The molecule has 0 aliphatic carbocycles. The number of carbonyl (C=O) groups is 1. The van der Waals surface area contributed by atoms with Crippen molar-refractivity contribution in [2.24, 2.45) is 13.0 Å². The highest BCUT2D eigenvalue weighted by Gasteiger charge is 2.15.